The molecular formula is C13H15BrN2O. The van der Waals surface area contributed by atoms with Crippen molar-refractivity contribution in [2.24, 2.45) is 0 Å². The van der Waals surface area contributed by atoms with Crippen molar-refractivity contribution in [3.63, 3.8) is 0 Å². The minimum atomic E-state index is -0.0231. The molecule has 0 aliphatic carbocycles. The van der Waals surface area contributed by atoms with E-state index in [9.17, 15) is 4.79 Å². The summed E-state index contributed by atoms with van der Waals surface area (Å²) < 4.78 is 0.984. The Morgan fingerprint density at radius 2 is 2.06 bits per heavy atom. The molecule has 0 spiro atoms. The van der Waals surface area contributed by atoms with Gasteiger partial charge in [-0.1, -0.05) is 15.9 Å². The van der Waals surface area contributed by atoms with Crippen molar-refractivity contribution in [3.8, 4) is 0 Å². The number of rotatable bonds is 3. The zero-order valence-corrected chi connectivity index (χ0v) is 11.5. The molecule has 1 heterocycles. The molecule has 1 aliphatic heterocycles. The molecule has 0 radical (unpaired) electrons. The maximum atomic E-state index is 11.9. The van der Waals surface area contributed by atoms with Crippen LogP contribution in [-0.4, -0.2) is 23.9 Å². The van der Waals surface area contributed by atoms with E-state index in [2.05, 4.69) is 40.0 Å². The number of hydrogen-bond donors (Lipinski definition) is 1. The van der Waals surface area contributed by atoms with Gasteiger partial charge in [0.05, 0.1) is 5.57 Å². The van der Waals surface area contributed by atoms with Gasteiger partial charge in [0, 0.05) is 35.0 Å². The third-order valence-corrected chi connectivity index (χ3v) is 3.38. The highest BCUT2D eigenvalue weighted by Crippen LogP contribution is 2.33. The Morgan fingerprint density at radius 1 is 1.35 bits per heavy atom. The Kier molecular flexibility index (Phi) is 3.52. The number of nitrogens with zero attached hydrogens (tertiary/aromatic N) is 1. The monoisotopic (exact) mass is 294 g/mol. The van der Waals surface area contributed by atoms with Crippen molar-refractivity contribution in [3.05, 3.63) is 34.4 Å². The van der Waals surface area contributed by atoms with Gasteiger partial charge in [0.2, 0.25) is 0 Å². The quantitative estimate of drug-likeness (QED) is 0.869. The van der Waals surface area contributed by atoms with Gasteiger partial charge in [-0.15, -0.1) is 0 Å². The first kappa shape index (κ1) is 12.2. The Morgan fingerprint density at radius 3 is 2.71 bits per heavy atom. The topological polar surface area (TPSA) is 32.3 Å². The lowest BCUT2D eigenvalue weighted by Crippen LogP contribution is -2.17. The lowest BCUT2D eigenvalue weighted by atomic mass is 10.1. The summed E-state index contributed by atoms with van der Waals surface area (Å²) in [6.07, 6.45) is 1.94. The second kappa shape index (κ2) is 4.92. The van der Waals surface area contributed by atoms with Crippen LogP contribution in [0.4, 0.5) is 5.69 Å². The Hall–Kier alpha value is -1.29. The molecule has 1 N–H and O–H groups in total. The first-order valence-corrected chi connectivity index (χ1v) is 6.52. The fourth-order valence-electron chi connectivity index (χ4n) is 1.88. The second-order valence-corrected chi connectivity index (χ2v) is 4.82. The Labute approximate surface area is 110 Å². The predicted molar refractivity (Wildman–Crippen MR) is 73.7 cm³/mol. The van der Waals surface area contributed by atoms with Crippen LogP contribution in [0.3, 0.4) is 0 Å². The van der Waals surface area contributed by atoms with Crippen LogP contribution in [0.2, 0.25) is 0 Å². The molecule has 1 aromatic carbocycles. The van der Waals surface area contributed by atoms with Crippen LogP contribution in [0, 0.1) is 0 Å². The van der Waals surface area contributed by atoms with Gasteiger partial charge in [-0.05, 0) is 32.0 Å². The van der Waals surface area contributed by atoms with Crippen LogP contribution >= 0.6 is 15.9 Å². The van der Waals surface area contributed by atoms with Crippen molar-refractivity contribution < 1.29 is 4.79 Å². The SMILES string of the molecule is CCN(/C=C1/C(=O)Nc2ccc(Br)cc21)CC. The molecule has 90 valence electrons. The van der Waals surface area contributed by atoms with Gasteiger partial charge in [-0.3, -0.25) is 4.79 Å². The summed E-state index contributed by atoms with van der Waals surface area (Å²) in [5.74, 6) is -0.0231. The van der Waals surface area contributed by atoms with E-state index in [0.29, 0.717) is 0 Å². The first-order chi connectivity index (χ1) is 8.15. The van der Waals surface area contributed by atoms with Crippen molar-refractivity contribution in [1.29, 1.82) is 0 Å². The van der Waals surface area contributed by atoms with Crippen LogP contribution in [0.5, 0.6) is 0 Å². The van der Waals surface area contributed by atoms with Crippen molar-refractivity contribution in [2.75, 3.05) is 18.4 Å². The van der Waals surface area contributed by atoms with E-state index >= 15 is 0 Å². The molecule has 0 saturated carbocycles. The van der Waals surface area contributed by atoms with Crippen LogP contribution in [0.25, 0.3) is 5.57 Å². The van der Waals surface area contributed by atoms with Gasteiger partial charge in [0.1, 0.15) is 0 Å². The molecule has 1 aromatic rings. The molecule has 2 rings (SSSR count). The lowest BCUT2D eigenvalue weighted by molar-refractivity contribution is -0.110. The van der Waals surface area contributed by atoms with Crippen molar-refractivity contribution >= 4 is 33.1 Å². The van der Waals surface area contributed by atoms with Crippen LogP contribution in [0.15, 0.2) is 28.9 Å². The minimum absolute atomic E-state index is 0.0231. The van der Waals surface area contributed by atoms with E-state index in [0.717, 1.165) is 34.4 Å². The summed E-state index contributed by atoms with van der Waals surface area (Å²) in [4.78, 5) is 14.0. The molecule has 0 aromatic heterocycles. The van der Waals surface area contributed by atoms with Gasteiger partial charge < -0.3 is 10.2 Å². The molecule has 0 fully saturated rings. The van der Waals surface area contributed by atoms with Crippen LogP contribution < -0.4 is 5.32 Å². The first-order valence-electron chi connectivity index (χ1n) is 5.72. The van der Waals surface area contributed by atoms with Crippen molar-refractivity contribution in [2.45, 2.75) is 13.8 Å². The molecule has 0 bridgehead atoms. The largest absolute Gasteiger partial charge is 0.377 e. The summed E-state index contributed by atoms with van der Waals surface area (Å²) in [5, 5.41) is 2.87. The standard InChI is InChI=1S/C13H15BrN2O/c1-3-16(4-2)8-11-10-7-9(14)5-6-12(10)15-13(11)17/h5-8H,3-4H2,1-2H3,(H,15,17)/b11-8+. The number of carbonyl (C=O) groups is 1. The fraction of sp³-hybridized carbons (Fsp3) is 0.308. The summed E-state index contributed by atoms with van der Waals surface area (Å²) in [6.45, 7) is 5.96. The average molecular weight is 295 g/mol. The molecule has 3 nitrogen and oxygen atoms in total. The summed E-state index contributed by atoms with van der Waals surface area (Å²) in [5.41, 5.74) is 2.60. The molecular weight excluding hydrogens is 280 g/mol. The number of fused-ring (bicyclic) bond motifs is 1. The molecule has 4 heteroatoms. The number of hydrogen-bond acceptors (Lipinski definition) is 2. The number of halogens is 1. The molecule has 17 heavy (non-hydrogen) atoms. The zero-order valence-electron chi connectivity index (χ0n) is 9.96. The van der Waals surface area contributed by atoms with E-state index < -0.39 is 0 Å². The van der Waals surface area contributed by atoms with Crippen LogP contribution in [-0.2, 0) is 4.79 Å². The number of benzene rings is 1. The van der Waals surface area contributed by atoms with Crippen LogP contribution in [0.1, 0.15) is 19.4 Å². The summed E-state index contributed by atoms with van der Waals surface area (Å²) in [7, 11) is 0. The van der Waals surface area contributed by atoms with Gasteiger partial charge in [-0.2, -0.15) is 0 Å². The maximum Gasteiger partial charge on any atom is 0.257 e. The third kappa shape index (κ3) is 2.36. The van der Waals surface area contributed by atoms with Crippen molar-refractivity contribution in [1.82, 2.24) is 4.90 Å². The fourth-order valence-corrected chi connectivity index (χ4v) is 2.24. The lowest BCUT2D eigenvalue weighted by Gasteiger charge is -2.16. The van der Waals surface area contributed by atoms with E-state index in [-0.39, 0.29) is 5.91 Å². The van der Waals surface area contributed by atoms with E-state index in [1.54, 1.807) is 0 Å². The van der Waals surface area contributed by atoms with Gasteiger partial charge in [0.15, 0.2) is 0 Å². The maximum absolute atomic E-state index is 11.9. The molecule has 0 unspecified atom stereocenters. The molecule has 0 saturated heterocycles. The molecule has 0 atom stereocenters. The molecule has 1 amide bonds. The smallest absolute Gasteiger partial charge is 0.257 e. The predicted octanol–water partition coefficient (Wildman–Crippen LogP) is 3.08. The average Bonchev–Trinajstić information content (AvgIpc) is 2.62. The van der Waals surface area contributed by atoms with Gasteiger partial charge in [0.25, 0.3) is 5.91 Å². The van der Waals surface area contributed by atoms with E-state index in [1.165, 1.54) is 0 Å². The minimum Gasteiger partial charge on any atom is -0.377 e. The highest BCUT2D eigenvalue weighted by Gasteiger charge is 2.24. The Bertz CT molecular complexity index is 478. The highest BCUT2D eigenvalue weighted by molar-refractivity contribution is 9.10. The van der Waals surface area contributed by atoms with Gasteiger partial charge >= 0.3 is 0 Å². The number of nitrogens with one attached hydrogen (secondary N) is 1. The zero-order chi connectivity index (χ0) is 12.4. The number of anilines is 1. The second-order valence-electron chi connectivity index (χ2n) is 3.91. The van der Waals surface area contributed by atoms with E-state index in [4.69, 9.17) is 0 Å². The van der Waals surface area contributed by atoms with E-state index in [1.807, 2.05) is 24.4 Å². The van der Waals surface area contributed by atoms with Gasteiger partial charge in [-0.25, -0.2) is 0 Å². The number of carbonyl (C=O) groups excluding carboxylic acids is 1. The number of amides is 1. The Balaban J connectivity index is 2.43. The normalized spacial score (nSPS) is 15.9. The third-order valence-electron chi connectivity index (χ3n) is 2.89. The highest BCUT2D eigenvalue weighted by atomic mass is 79.9. The summed E-state index contributed by atoms with van der Waals surface area (Å²) >= 11 is 3.43. The summed E-state index contributed by atoms with van der Waals surface area (Å²) in [6, 6.07) is 5.82. The molecule has 1 aliphatic rings.